The van der Waals surface area contributed by atoms with Crippen molar-refractivity contribution in [3.63, 3.8) is 0 Å². The summed E-state index contributed by atoms with van der Waals surface area (Å²) < 4.78 is 0. The van der Waals surface area contributed by atoms with Crippen LogP contribution >= 0.6 is 11.6 Å². The van der Waals surface area contributed by atoms with Crippen LogP contribution in [-0.2, 0) is 6.42 Å². The second-order valence-corrected chi connectivity index (χ2v) is 3.90. The molecule has 0 radical (unpaired) electrons. The highest BCUT2D eigenvalue weighted by molar-refractivity contribution is 6.31. The van der Waals surface area contributed by atoms with Gasteiger partial charge in [0.2, 0.25) is 0 Å². The van der Waals surface area contributed by atoms with E-state index in [1.54, 1.807) is 13.0 Å². The smallest absolute Gasteiger partial charge is 0.182 e. The maximum Gasteiger partial charge on any atom is 0.182 e. The zero-order valence-corrected chi connectivity index (χ0v) is 9.51. The lowest BCUT2D eigenvalue weighted by Gasteiger charge is -2.10. The number of hydrogen-bond acceptors (Lipinski definition) is 3. The van der Waals surface area contributed by atoms with Gasteiger partial charge in [0.25, 0.3) is 0 Å². The molecule has 0 aliphatic heterocycles. The molecule has 0 aliphatic rings. The summed E-state index contributed by atoms with van der Waals surface area (Å²) in [5.41, 5.74) is 6.34. The molecular weight excluding hydrogens is 214 g/mol. The molecule has 1 unspecified atom stereocenters. The minimum Gasteiger partial charge on any atom is -0.507 e. The third-order valence-corrected chi connectivity index (χ3v) is 2.43. The first-order valence-electron chi connectivity index (χ1n) is 4.78. The number of hydrogen-bond donors (Lipinski definition) is 2. The van der Waals surface area contributed by atoms with Crippen molar-refractivity contribution >= 4 is 17.4 Å². The number of aryl methyl sites for hydroxylation is 1. The van der Waals surface area contributed by atoms with E-state index in [0.717, 1.165) is 0 Å². The van der Waals surface area contributed by atoms with Crippen LogP contribution in [0.3, 0.4) is 0 Å². The van der Waals surface area contributed by atoms with Gasteiger partial charge in [0.05, 0.1) is 11.6 Å². The average Bonchev–Trinajstić information content (AvgIpc) is 2.19. The number of phenolic OH excluding ortho intramolecular Hbond substituents is 1. The lowest BCUT2D eigenvalue weighted by molar-refractivity contribution is 0.0965. The van der Waals surface area contributed by atoms with Gasteiger partial charge >= 0.3 is 0 Å². The molecule has 0 saturated heterocycles. The third kappa shape index (κ3) is 2.49. The van der Waals surface area contributed by atoms with Crippen LogP contribution in [0.1, 0.15) is 29.8 Å². The van der Waals surface area contributed by atoms with Crippen LogP contribution < -0.4 is 5.73 Å². The Morgan fingerprint density at radius 3 is 2.67 bits per heavy atom. The first-order chi connectivity index (χ1) is 6.97. The number of ketones is 1. The van der Waals surface area contributed by atoms with E-state index in [-0.39, 0.29) is 17.1 Å². The van der Waals surface area contributed by atoms with Gasteiger partial charge in [-0.25, -0.2) is 0 Å². The van der Waals surface area contributed by atoms with Gasteiger partial charge in [-0.15, -0.1) is 0 Å². The molecule has 0 heterocycles. The van der Waals surface area contributed by atoms with Crippen molar-refractivity contribution in [3.8, 4) is 5.75 Å². The highest BCUT2D eigenvalue weighted by atomic mass is 35.5. The van der Waals surface area contributed by atoms with E-state index in [1.165, 1.54) is 6.07 Å². The first kappa shape index (κ1) is 12.0. The number of Topliss-reactive ketones (excluding diaryl/α,β-unsaturated/α-hetero) is 1. The molecule has 4 heteroatoms. The molecule has 0 amide bonds. The predicted molar refractivity (Wildman–Crippen MR) is 60.5 cm³/mol. The van der Waals surface area contributed by atoms with Crippen molar-refractivity contribution in [3.05, 3.63) is 28.3 Å². The number of aromatic hydroxyl groups is 1. The summed E-state index contributed by atoms with van der Waals surface area (Å²) in [6.45, 7) is 3.46. The minimum absolute atomic E-state index is 0.01000. The molecular formula is C11H14ClNO2. The summed E-state index contributed by atoms with van der Waals surface area (Å²) in [5, 5.41) is 10.2. The molecule has 0 spiro atoms. The summed E-state index contributed by atoms with van der Waals surface area (Å²) in [6, 6.07) is 2.45. The predicted octanol–water partition coefficient (Wildman–Crippen LogP) is 2.14. The maximum absolute atomic E-state index is 11.6. The van der Waals surface area contributed by atoms with Crippen LogP contribution in [0.15, 0.2) is 12.1 Å². The lowest BCUT2D eigenvalue weighted by atomic mass is 10.0. The highest BCUT2D eigenvalue weighted by Gasteiger charge is 2.18. The number of carbonyl (C=O) groups excluding carboxylic acids is 1. The Balaban J connectivity index is 3.29. The van der Waals surface area contributed by atoms with Crippen molar-refractivity contribution in [2.24, 2.45) is 5.73 Å². The molecule has 0 aliphatic carbocycles. The molecule has 0 bridgehead atoms. The molecule has 1 atom stereocenters. The van der Waals surface area contributed by atoms with Crippen LogP contribution in [-0.4, -0.2) is 16.9 Å². The number of phenols is 1. The molecule has 3 N–H and O–H groups in total. The fourth-order valence-corrected chi connectivity index (χ4v) is 1.60. The summed E-state index contributed by atoms with van der Waals surface area (Å²) in [5.74, 6) is -0.311. The summed E-state index contributed by atoms with van der Waals surface area (Å²) >= 11 is 5.85. The van der Waals surface area contributed by atoms with Gasteiger partial charge < -0.3 is 10.8 Å². The van der Waals surface area contributed by atoms with Gasteiger partial charge in [-0.05, 0) is 31.0 Å². The molecule has 1 aromatic carbocycles. The molecule has 1 rings (SSSR count). The van der Waals surface area contributed by atoms with Crippen LogP contribution in [0.2, 0.25) is 5.02 Å². The van der Waals surface area contributed by atoms with Gasteiger partial charge in [-0.3, -0.25) is 4.79 Å². The van der Waals surface area contributed by atoms with E-state index >= 15 is 0 Å². The van der Waals surface area contributed by atoms with Gasteiger partial charge in [-0.2, -0.15) is 0 Å². The van der Waals surface area contributed by atoms with Crippen LogP contribution in [0, 0.1) is 0 Å². The second-order valence-electron chi connectivity index (χ2n) is 3.47. The van der Waals surface area contributed by atoms with E-state index in [9.17, 15) is 9.90 Å². The van der Waals surface area contributed by atoms with Gasteiger partial charge in [0, 0.05) is 5.02 Å². The Kier molecular flexibility index (Phi) is 3.72. The van der Waals surface area contributed by atoms with Crippen molar-refractivity contribution in [2.75, 3.05) is 0 Å². The Hall–Kier alpha value is -1.06. The Morgan fingerprint density at radius 1 is 1.60 bits per heavy atom. The molecule has 3 nitrogen and oxygen atoms in total. The van der Waals surface area contributed by atoms with E-state index in [2.05, 4.69) is 0 Å². The Morgan fingerprint density at radius 2 is 2.20 bits per heavy atom. The molecule has 0 fully saturated rings. The molecule has 82 valence electrons. The number of nitrogens with two attached hydrogens (primary N) is 1. The lowest BCUT2D eigenvalue weighted by Crippen LogP contribution is -2.26. The average molecular weight is 228 g/mol. The Labute approximate surface area is 93.9 Å². The number of rotatable bonds is 3. The fraction of sp³-hybridized carbons (Fsp3) is 0.364. The summed E-state index contributed by atoms with van der Waals surface area (Å²) in [4.78, 5) is 11.6. The SMILES string of the molecule is CCc1cc(Cl)cc(C(=O)C(C)N)c1O. The zero-order chi connectivity index (χ0) is 11.6. The van der Waals surface area contributed by atoms with Crippen LogP contribution in [0.5, 0.6) is 5.75 Å². The van der Waals surface area contributed by atoms with Crippen molar-refractivity contribution in [1.82, 2.24) is 0 Å². The molecule has 0 saturated carbocycles. The van der Waals surface area contributed by atoms with Crippen LogP contribution in [0.4, 0.5) is 0 Å². The minimum atomic E-state index is -0.640. The maximum atomic E-state index is 11.6. The largest absolute Gasteiger partial charge is 0.507 e. The zero-order valence-electron chi connectivity index (χ0n) is 8.75. The summed E-state index contributed by atoms with van der Waals surface area (Å²) in [6.07, 6.45) is 0.617. The molecule has 0 aromatic heterocycles. The van der Waals surface area contributed by atoms with Crippen molar-refractivity contribution in [1.29, 1.82) is 0 Å². The molecule has 15 heavy (non-hydrogen) atoms. The van der Waals surface area contributed by atoms with Crippen molar-refractivity contribution < 1.29 is 9.90 Å². The van der Waals surface area contributed by atoms with Gasteiger partial charge in [-0.1, -0.05) is 18.5 Å². The first-order valence-corrected chi connectivity index (χ1v) is 5.16. The fourth-order valence-electron chi connectivity index (χ4n) is 1.36. The van der Waals surface area contributed by atoms with E-state index < -0.39 is 6.04 Å². The van der Waals surface area contributed by atoms with E-state index in [4.69, 9.17) is 17.3 Å². The normalized spacial score (nSPS) is 12.5. The van der Waals surface area contributed by atoms with E-state index in [1.807, 2.05) is 6.92 Å². The number of benzene rings is 1. The number of halogens is 1. The highest BCUT2D eigenvalue weighted by Crippen LogP contribution is 2.28. The van der Waals surface area contributed by atoms with Crippen molar-refractivity contribution in [2.45, 2.75) is 26.3 Å². The molecule has 1 aromatic rings. The Bertz CT molecular complexity index is 388. The quantitative estimate of drug-likeness (QED) is 0.778. The summed E-state index contributed by atoms with van der Waals surface area (Å²) in [7, 11) is 0. The number of carbonyl (C=O) groups is 1. The van der Waals surface area contributed by atoms with Crippen LogP contribution in [0.25, 0.3) is 0 Å². The monoisotopic (exact) mass is 227 g/mol. The standard InChI is InChI=1S/C11H14ClNO2/c1-3-7-4-8(12)5-9(11(7)15)10(14)6(2)13/h4-6,15H,3,13H2,1-2H3. The third-order valence-electron chi connectivity index (χ3n) is 2.21. The topological polar surface area (TPSA) is 63.3 Å². The van der Waals surface area contributed by atoms with Gasteiger partial charge in [0.15, 0.2) is 5.78 Å². The van der Waals surface area contributed by atoms with E-state index in [0.29, 0.717) is 17.0 Å². The second kappa shape index (κ2) is 4.64. The van der Waals surface area contributed by atoms with Gasteiger partial charge in [0.1, 0.15) is 5.75 Å².